The molecule has 0 saturated carbocycles. The Morgan fingerprint density at radius 1 is 1.27 bits per heavy atom. The highest BCUT2D eigenvalue weighted by molar-refractivity contribution is 7.91. The Balaban J connectivity index is 2.13. The van der Waals surface area contributed by atoms with Crippen molar-refractivity contribution in [2.45, 2.75) is 12.1 Å². The van der Waals surface area contributed by atoms with Gasteiger partial charge in [0.15, 0.2) is 9.84 Å². The van der Waals surface area contributed by atoms with Gasteiger partial charge in [0.05, 0.1) is 23.7 Å². The van der Waals surface area contributed by atoms with Crippen LogP contribution in [0.25, 0.3) is 0 Å². The second-order valence-corrected chi connectivity index (χ2v) is 5.40. The zero-order valence-electron chi connectivity index (χ0n) is 6.10. The van der Waals surface area contributed by atoms with Gasteiger partial charge in [0.25, 0.3) is 0 Å². The van der Waals surface area contributed by atoms with E-state index in [0.29, 0.717) is 0 Å². The molecule has 2 rings (SSSR count). The van der Waals surface area contributed by atoms with Gasteiger partial charge in [0.2, 0.25) is 0 Å². The lowest BCUT2D eigenvalue weighted by Crippen LogP contribution is -2.31. The predicted octanol–water partition coefficient (Wildman–Crippen LogP) is -1.54. The van der Waals surface area contributed by atoms with E-state index >= 15 is 0 Å². The summed E-state index contributed by atoms with van der Waals surface area (Å²) in [6.45, 7) is 1.88. The Bertz CT molecular complexity index is 257. The Kier molecular flexibility index (Phi) is 1.49. The van der Waals surface area contributed by atoms with E-state index < -0.39 is 15.9 Å². The molecule has 2 atom stereocenters. The first kappa shape index (κ1) is 7.52. The molecule has 0 spiro atoms. The standard InChI is InChI=1S/C6H11NO3S/c8-6-4-11(9,10)3-5(6)7-1-2-7/h5-6,8H,1-4H2/t5-,6+/m1/s1. The van der Waals surface area contributed by atoms with Crippen molar-refractivity contribution in [2.75, 3.05) is 24.6 Å². The van der Waals surface area contributed by atoms with Crippen molar-refractivity contribution < 1.29 is 13.5 Å². The van der Waals surface area contributed by atoms with Crippen LogP contribution in [-0.4, -0.2) is 55.2 Å². The number of aliphatic hydroxyl groups is 1. The SMILES string of the molecule is O=S1(=O)C[C@@H](N2CC2)[C@@H](O)C1. The maximum Gasteiger partial charge on any atom is 0.154 e. The highest BCUT2D eigenvalue weighted by Gasteiger charge is 2.43. The van der Waals surface area contributed by atoms with E-state index in [-0.39, 0.29) is 17.5 Å². The minimum Gasteiger partial charge on any atom is -0.390 e. The van der Waals surface area contributed by atoms with Crippen LogP contribution in [0.1, 0.15) is 0 Å². The van der Waals surface area contributed by atoms with Gasteiger partial charge >= 0.3 is 0 Å². The molecule has 2 saturated heterocycles. The average Bonchev–Trinajstić information content (AvgIpc) is 2.59. The van der Waals surface area contributed by atoms with Crippen LogP contribution in [0.4, 0.5) is 0 Å². The Morgan fingerprint density at radius 2 is 1.91 bits per heavy atom. The van der Waals surface area contributed by atoms with E-state index in [0.717, 1.165) is 13.1 Å². The lowest BCUT2D eigenvalue weighted by Gasteiger charge is -2.12. The quantitative estimate of drug-likeness (QED) is 0.493. The van der Waals surface area contributed by atoms with E-state index in [1.807, 2.05) is 4.90 Å². The van der Waals surface area contributed by atoms with Gasteiger partial charge in [-0.3, -0.25) is 4.90 Å². The summed E-state index contributed by atoms with van der Waals surface area (Å²) in [7, 11) is -2.94. The van der Waals surface area contributed by atoms with Gasteiger partial charge in [-0.2, -0.15) is 0 Å². The zero-order valence-corrected chi connectivity index (χ0v) is 6.92. The van der Waals surface area contributed by atoms with E-state index in [1.54, 1.807) is 0 Å². The fraction of sp³-hybridized carbons (Fsp3) is 1.00. The second-order valence-electron chi connectivity index (χ2n) is 3.25. The molecule has 0 aromatic heterocycles. The third-order valence-corrected chi connectivity index (χ3v) is 3.94. The van der Waals surface area contributed by atoms with E-state index in [2.05, 4.69) is 0 Å². The molecular formula is C6H11NO3S. The van der Waals surface area contributed by atoms with Crippen LogP contribution in [0.15, 0.2) is 0 Å². The number of sulfone groups is 1. The van der Waals surface area contributed by atoms with Gasteiger partial charge in [0, 0.05) is 13.1 Å². The summed E-state index contributed by atoms with van der Waals surface area (Å²) in [6.07, 6.45) is -0.650. The topological polar surface area (TPSA) is 57.4 Å². The Morgan fingerprint density at radius 3 is 2.27 bits per heavy atom. The van der Waals surface area contributed by atoms with E-state index in [1.165, 1.54) is 0 Å². The summed E-state index contributed by atoms with van der Waals surface area (Å²) < 4.78 is 22.0. The monoisotopic (exact) mass is 177 g/mol. The maximum absolute atomic E-state index is 11.0. The average molecular weight is 177 g/mol. The van der Waals surface area contributed by atoms with Gasteiger partial charge in [-0.15, -0.1) is 0 Å². The van der Waals surface area contributed by atoms with Crippen molar-refractivity contribution in [3.05, 3.63) is 0 Å². The highest BCUT2D eigenvalue weighted by Crippen LogP contribution is 2.22. The second kappa shape index (κ2) is 2.18. The Hall–Kier alpha value is -0.130. The van der Waals surface area contributed by atoms with Gasteiger partial charge in [-0.25, -0.2) is 8.42 Å². The van der Waals surface area contributed by atoms with Gasteiger partial charge in [0.1, 0.15) is 0 Å². The molecule has 0 radical (unpaired) electrons. The number of hydrogen-bond donors (Lipinski definition) is 1. The molecule has 0 aromatic rings. The molecule has 0 bridgehead atoms. The third kappa shape index (κ3) is 1.40. The summed E-state index contributed by atoms with van der Waals surface area (Å²) in [5.74, 6) is 0.0995. The molecule has 0 unspecified atom stereocenters. The fourth-order valence-corrected chi connectivity index (χ4v) is 3.38. The number of nitrogens with zero attached hydrogens (tertiary/aromatic N) is 1. The molecule has 2 aliphatic heterocycles. The van der Waals surface area contributed by atoms with Crippen LogP contribution < -0.4 is 0 Å². The fourth-order valence-electron chi connectivity index (χ4n) is 1.55. The smallest absolute Gasteiger partial charge is 0.154 e. The van der Waals surface area contributed by atoms with Crippen molar-refractivity contribution >= 4 is 9.84 Å². The minimum absolute atomic E-state index is 0.0475. The van der Waals surface area contributed by atoms with Gasteiger partial charge < -0.3 is 5.11 Å². The first-order chi connectivity index (χ1) is 5.08. The van der Waals surface area contributed by atoms with Crippen molar-refractivity contribution in [1.29, 1.82) is 0 Å². The van der Waals surface area contributed by atoms with Crippen LogP contribution in [0.5, 0.6) is 0 Å². The largest absolute Gasteiger partial charge is 0.390 e. The molecule has 2 fully saturated rings. The molecule has 0 aromatic carbocycles. The number of aliphatic hydroxyl groups excluding tert-OH is 1. The Labute approximate surface area is 65.7 Å². The van der Waals surface area contributed by atoms with Crippen molar-refractivity contribution in [2.24, 2.45) is 0 Å². The van der Waals surface area contributed by atoms with Crippen molar-refractivity contribution in [3.63, 3.8) is 0 Å². The highest BCUT2D eigenvalue weighted by atomic mass is 32.2. The van der Waals surface area contributed by atoms with Gasteiger partial charge in [-0.1, -0.05) is 0 Å². The third-order valence-electron chi connectivity index (χ3n) is 2.24. The molecule has 64 valence electrons. The molecule has 4 nitrogen and oxygen atoms in total. The first-order valence-corrected chi connectivity index (χ1v) is 5.53. The maximum atomic E-state index is 11.0. The molecule has 0 amide bonds. The van der Waals surface area contributed by atoms with Crippen LogP contribution >= 0.6 is 0 Å². The summed E-state index contributed by atoms with van der Waals surface area (Å²) in [6, 6.07) is -0.111. The van der Waals surface area contributed by atoms with Crippen LogP contribution in [-0.2, 0) is 9.84 Å². The number of hydrogen-bond acceptors (Lipinski definition) is 4. The first-order valence-electron chi connectivity index (χ1n) is 3.71. The van der Waals surface area contributed by atoms with Gasteiger partial charge in [-0.05, 0) is 0 Å². The molecule has 2 aliphatic rings. The van der Waals surface area contributed by atoms with E-state index in [4.69, 9.17) is 0 Å². The lowest BCUT2D eigenvalue weighted by atomic mass is 10.2. The summed E-state index contributed by atoms with van der Waals surface area (Å²) in [5.41, 5.74) is 0. The molecule has 2 heterocycles. The summed E-state index contributed by atoms with van der Waals surface area (Å²) in [4.78, 5) is 2.00. The molecule has 0 aliphatic carbocycles. The van der Waals surface area contributed by atoms with E-state index in [9.17, 15) is 13.5 Å². The van der Waals surface area contributed by atoms with Crippen LogP contribution in [0.3, 0.4) is 0 Å². The summed E-state index contributed by atoms with van der Waals surface area (Å²) >= 11 is 0. The number of rotatable bonds is 1. The van der Waals surface area contributed by atoms with Crippen molar-refractivity contribution in [1.82, 2.24) is 4.90 Å². The predicted molar refractivity (Wildman–Crippen MR) is 40.0 cm³/mol. The van der Waals surface area contributed by atoms with Crippen molar-refractivity contribution in [3.8, 4) is 0 Å². The molecule has 1 N–H and O–H groups in total. The molecule has 11 heavy (non-hydrogen) atoms. The molecular weight excluding hydrogens is 166 g/mol. The summed E-state index contributed by atoms with van der Waals surface area (Å²) in [5, 5.41) is 9.31. The van der Waals surface area contributed by atoms with Crippen LogP contribution in [0, 0.1) is 0 Å². The van der Waals surface area contributed by atoms with Crippen LogP contribution in [0.2, 0.25) is 0 Å². The lowest BCUT2D eigenvalue weighted by molar-refractivity contribution is 0.140. The normalized spacial score (nSPS) is 42.6. The molecule has 5 heteroatoms. The zero-order chi connectivity index (χ0) is 8.06. The minimum atomic E-state index is -2.94.